The Labute approximate surface area is 140 Å². The molecule has 0 fully saturated rings. The van der Waals surface area contributed by atoms with Crippen LogP contribution in [-0.4, -0.2) is 54.3 Å². The van der Waals surface area contributed by atoms with Crippen LogP contribution in [-0.2, 0) is 38.4 Å². The molecule has 0 aliphatic carbocycles. The van der Waals surface area contributed by atoms with E-state index in [2.05, 4.69) is 19.2 Å². The van der Waals surface area contributed by atoms with Crippen molar-refractivity contribution in [3.05, 3.63) is 0 Å². The monoisotopic (exact) mass is 402 g/mol. The lowest BCUT2D eigenvalue weighted by Crippen LogP contribution is -2.47. The van der Waals surface area contributed by atoms with Gasteiger partial charge in [0.25, 0.3) is 6.10 Å². The topological polar surface area (TPSA) is 105 Å². The van der Waals surface area contributed by atoms with Gasteiger partial charge in [0.15, 0.2) is 6.67 Å². The second-order valence-corrected chi connectivity index (χ2v) is 4.90. The highest BCUT2D eigenvalue weighted by molar-refractivity contribution is 6.49. The molecule has 24 heavy (non-hydrogen) atoms. The van der Waals surface area contributed by atoms with Gasteiger partial charge < -0.3 is 9.47 Å². The van der Waals surface area contributed by atoms with Gasteiger partial charge in [-0.2, -0.15) is 8.78 Å². The molecule has 0 rings (SSSR count). The Morgan fingerprint density at radius 2 is 1.54 bits per heavy atom. The van der Waals surface area contributed by atoms with Crippen LogP contribution in [0, 0.1) is 0 Å². The number of esters is 2. The van der Waals surface area contributed by atoms with Gasteiger partial charge >= 0.3 is 34.8 Å². The van der Waals surface area contributed by atoms with Gasteiger partial charge in [0, 0.05) is 0 Å². The zero-order valence-corrected chi connectivity index (χ0v) is 12.8. The van der Waals surface area contributed by atoms with Gasteiger partial charge in [0.2, 0.25) is 0 Å². The summed E-state index contributed by atoms with van der Waals surface area (Å²) in [5.74, 6) is -7.41. The fourth-order valence-corrected chi connectivity index (χ4v) is 1.32. The van der Waals surface area contributed by atoms with Crippen LogP contribution in [0.5, 0.6) is 0 Å². The van der Waals surface area contributed by atoms with Crippen molar-refractivity contribution in [3.63, 3.8) is 0 Å². The first-order valence-corrected chi connectivity index (χ1v) is 6.42. The van der Waals surface area contributed by atoms with Gasteiger partial charge in [-0.25, -0.2) is 33.3 Å². The van der Waals surface area contributed by atoms with Crippen molar-refractivity contribution in [2.24, 2.45) is 0 Å². The maximum absolute atomic E-state index is 12.1. The van der Waals surface area contributed by atoms with Crippen LogP contribution in [0.1, 0.15) is 6.42 Å². The van der Waals surface area contributed by atoms with E-state index in [1.54, 1.807) is 0 Å². The van der Waals surface area contributed by atoms with Crippen molar-refractivity contribution in [1.82, 2.24) is 0 Å². The molecule has 0 radical (unpaired) electrons. The molecular formula is C10H8Cl2F4O8. The number of carbonyl (C=O) groups is 4. The number of hydrogen-bond acceptors (Lipinski definition) is 8. The van der Waals surface area contributed by atoms with E-state index in [1.165, 1.54) is 0 Å². The maximum Gasteiger partial charge on any atom is 0.402 e. The number of hydrogen-bond donors (Lipinski definition) is 0. The van der Waals surface area contributed by atoms with Gasteiger partial charge in [-0.1, -0.05) is 23.2 Å². The molecule has 8 nitrogen and oxygen atoms in total. The third kappa shape index (κ3) is 7.64. The Bertz CT molecular complexity index is 487. The third-order valence-electron chi connectivity index (χ3n) is 1.81. The summed E-state index contributed by atoms with van der Waals surface area (Å²) in [7, 11) is 0. The van der Waals surface area contributed by atoms with Crippen LogP contribution in [0.3, 0.4) is 0 Å². The second kappa shape index (κ2) is 10.1. The highest BCUT2D eigenvalue weighted by Crippen LogP contribution is 2.31. The van der Waals surface area contributed by atoms with E-state index in [1.807, 2.05) is 0 Å². The largest absolute Gasteiger partial charge is 0.441 e. The summed E-state index contributed by atoms with van der Waals surface area (Å²) in [4.78, 5) is 51.5. The molecule has 0 aliphatic heterocycles. The minimum absolute atomic E-state index is 0.824. The van der Waals surface area contributed by atoms with Crippen LogP contribution >= 0.6 is 23.2 Å². The van der Waals surface area contributed by atoms with E-state index in [4.69, 9.17) is 23.2 Å². The van der Waals surface area contributed by atoms with E-state index < -0.39 is 60.7 Å². The quantitative estimate of drug-likeness (QED) is 0.196. The van der Waals surface area contributed by atoms with Gasteiger partial charge in [-0.15, -0.1) is 0 Å². The lowest BCUT2D eigenvalue weighted by molar-refractivity contribution is -0.268. The molecule has 0 aromatic heterocycles. The summed E-state index contributed by atoms with van der Waals surface area (Å²) in [6.07, 6.45) is -7.25. The van der Waals surface area contributed by atoms with Crippen molar-refractivity contribution >= 4 is 47.1 Å². The lowest BCUT2D eigenvalue weighted by atomic mass is 10.3. The average molecular weight is 403 g/mol. The first-order valence-electron chi connectivity index (χ1n) is 5.66. The fraction of sp³-hybridized carbons (Fsp3) is 0.600. The Morgan fingerprint density at radius 3 is 2.00 bits per heavy atom. The minimum Gasteiger partial charge on any atom is -0.441 e. The fourth-order valence-electron chi connectivity index (χ4n) is 0.899. The molecule has 0 bridgehead atoms. The summed E-state index contributed by atoms with van der Waals surface area (Å²) in [5, 5.41) is 0. The Hall–Kier alpha value is -1.82. The zero-order valence-electron chi connectivity index (χ0n) is 11.3. The Morgan fingerprint density at radius 1 is 0.958 bits per heavy atom. The predicted octanol–water partition coefficient (Wildman–Crippen LogP) is 1.17. The van der Waals surface area contributed by atoms with Gasteiger partial charge in [0.05, 0.1) is 6.42 Å². The van der Waals surface area contributed by atoms with E-state index in [0.717, 1.165) is 0 Å². The molecule has 0 heterocycles. The first kappa shape index (κ1) is 22.2. The number of rotatable bonds is 8. The van der Waals surface area contributed by atoms with Crippen LogP contribution in [0.25, 0.3) is 0 Å². The van der Waals surface area contributed by atoms with Crippen molar-refractivity contribution in [3.8, 4) is 0 Å². The van der Waals surface area contributed by atoms with Crippen molar-refractivity contribution in [2.75, 3.05) is 13.3 Å². The summed E-state index contributed by atoms with van der Waals surface area (Å²) >= 11 is 10.6. The van der Waals surface area contributed by atoms with E-state index >= 15 is 0 Å². The lowest BCUT2D eigenvalue weighted by Gasteiger charge is -2.26. The third-order valence-corrected chi connectivity index (χ3v) is 2.36. The second-order valence-electron chi connectivity index (χ2n) is 3.58. The SMILES string of the molecule is O=C(CCF)OOC(=O)C(OC(=O)CF)C(Cl)(Cl)OC(=O)C(F)F. The molecule has 0 spiro atoms. The molecule has 0 saturated carbocycles. The van der Waals surface area contributed by atoms with Gasteiger partial charge in [-0.05, 0) is 0 Å². The normalized spacial score (nSPS) is 12.3. The molecule has 138 valence electrons. The molecular weight excluding hydrogens is 395 g/mol. The number of ether oxygens (including phenoxy) is 2. The summed E-state index contributed by atoms with van der Waals surface area (Å²) in [6.45, 7) is -2.98. The zero-order chi connectivity index (χ0) is 18.9. The van der Waals surface area contributed by atoms with E-state index in [-0.39, 0.29) is 0 Å². The number of alkyl halides is 6. The molecule has 0 N–H and O–H groups in total. The predicted molar refractivity (Wildman–Crippen MR) is 65.2 cm³/mol. The van der Waals surface area contributed by atoms with Crippen molar-refractivity contribution in [1.29, 1.82) is 0 Å². The Balaban J connectivity index is 5.13. The number of carbonyl (C=O) groups excluding carboxylic acids is 4. The molecule has 0 aromatic rings. The van der Waals surface area contributed by atoms with Gasteiger partial charge in [0.1, 0.15) is 6.67 Å². The van der Waals surface area contributed by atoms with Crippen LogP contribution in [0.4, 0.5) is 17.6 Å². The standard InChI is InChI=1S/C10H8Cl2F4O8/c11-10(12,22-9(20)7(15)16)6(21-5(18)3-14)8(19)24-23-4(17)1-2-13/h6-7H,1-3H2. The average Bonchev–Trinajstić information content (AvgIpc) is 2.49. The smallest absolute Gasteiger partial charge is 0.402 e. The van der Waals surface area contributed by atoms with Crippen LogP contribution in [0.2, 0.25) is 0 Å². The van der Waals surface area contributed by atoms with E-state index in [9.17, 15) is 36.7 Å². The summed E-state index contributed by atoms with van der Waals surface area (Å²) in [5.41, 5.74) is 0. The molecule has 1 unspecified atom stereocenters. The molecule has 1 atom stereocenters. The minimum atomic E-state index is -3.72. The highest BCUT2D eigenvalue weighted by Gasteiger charge is 2.50. The summed E-state index contributed by atoms with van der Waals surface area (Å²) < 4.78 is 52.8. The summed E-state index contributed by atoms with van der Waals surface area (Å²) in [6, 6.07) is 0. The highest BCUT2D eigenvalue weighted by atomic mass is 35.5. The molecule has 0 aliphatic rings. The number of halogens is 6. The van der Waals surface area contributed by atoms with Gasteiger partial charge in [-0.3, -0.25) is 4.39 Å². The Kier molecular flexibility index (Phi) is 9.36. The van der Waals surface area contributed by atoms with E-state index in [0.29, 0.717) is 0 Å². The van der Waals surface area contributed by atoms with Crippen molar-refractivity contribution in [2.45, 2.75) is 23.5 Å². The van der Waals surface area contributed by atoms with Crippen LogP contribution in [0.15, 0.2) is 0 Å². The molecule has 0 saturated heterocycles. The maximum atomic E-state index is 12.1. The van der Waals surface area contributed by atoms with Crippen molar-refractivity contribution < 1.29 is 56.0 Å². The molecule has 0 amide bonds. The molecule has 0 aromatic carbocycles. The molecule has 14 heteroatoms. The van der Waals surface area contributed by atoms with Crippen LogP contribution < -0.4 is 0 Å². The first-order chi connectivity index (χ1) is 11.0.